The fourth-order valence-corrected chi connectivity index (χ4v) is 3.21. The van der Waals surface area contributed by atoms with E-state index in [1.807, 2.05) is 0 Å². The molecule has 3 aromatic rings. The zero-order valence-electron chi connectivity index (χ0n) is 15.9. The van der Waals surface area contributed by atoms with Crippen molar-refractivity contribution in [3.8, 4) is 0 Å². The average molecular weight is 417 g/mol. The third-order valence-electron chi connectivity index (χ3n) is 4.90. The number of hydrogen-bond donors (Lipinski definition) is 4. The van der Waals surface area contributed by atoms with E-state index in [2.05, 4.69) is 25.2 Å². The zero-order valence-corrected chi connectivity index (χ0v) is 15.9. The van der Waals surface area contributed by atoms with Gasteiger partial charge in [-0.15, -0.1) is 5.11 Å². The van der Waals surface area contributed by atoms with Gasteiger partial charge in [-0.2, -0.15) is 15.1 Å². The molecule has 158 valence electrons. The highest BCUT2D eigenvalue weighted by Crippen LogP contribution is 2.32. The first kappa shape index (κ1) is 20.2. The smallest absolute Gasteiger partial charge is 0.272 e. The quantitative estimate of drug-likeness (QED) is 0.447. The topological polar surface area (TPSA) is 164 Å². The minimum Gasteiger partial charge on any atom is -0.394 e. The molecule has 1 fully saturated rings. The molecule has 30 heavy (non-hydrogen) atoms. The zero-order chi connectivity index (χ0) is 21.4. The Hall–Kier alpha value is -3.06. The summed E-state index contributed by atoms with van der Waals surface area (Å²) in [5, 5.41) is 37.7. The van der Waals surface area contributed by atoms with E-state index in [1.165, 1.54) is 23.0 Å². The van der Waals surface area contributed by atoms with Crippen LogP contribution in [-0.2, 0) is 4.74 Å². The number of nitrogen functional groups attached to an aromatic ring is 1. The van der Waals surface area contributed by atoms with Gasteiger partial charge in [0.15, 0.2) is 17.7 Å². The van der Waals surface area contributed by atoms with Gasteiger partial charge >= 0.3 is 0 Å². The third kappa shape index (κ3) is 3.61. The van der Waals surface area contributed by atoms with Gasteiger partial charge in [0.25, 0.3) is 5.95 Å². The number of aromatic nitrogens is 4. The van der Waals surface area contributed by atoms with E-state index >= 15 is 0 Å². The van der Waals surface area contributed by atoms with E-state index in [1.54, 1.807) is 19.1 Å². The minimum atomic E-state index is -1.31. The molecule has 2 unspecified atom stereocenters. The highest BCUT2D eigenvalue weighted by atomic mass is 19.1. The summed E-state index contributed by atoms with van der Waals surface area (Å²) >= 11 is 0. The summed E-state index contributed by atoms with van der Waals surface area (Å²) in [7, 11) is 0. The Kier molecular flexibility index (Phi) is 5.39. The van der Waals surface area contributed by atoms with Crippen LogP contribution in [0.25, 0.3) is 11.2 Å². The number of hydrogen-bond acceptors (Lipinski definition) is 10. The van der Waals surface area contributed by atoms with E-state index in [0.29, 0.717) is 0 Å². The van der Waals surface area contributed by atoms with Gasteiger partial charge in [0, 0.05) is 0 Å². The van der Waals surface area contributed by atoms with Crippen LogP contribution in [0.15, 0.2) is 40.8 Å². The van der Waals surface area contributed by atoms with Crippen molar-refractivity contribution >= 4 is 22.9 Å². The van der Waals surface area contributed by atoms with E-state index in [0.717, 1.165) is 5.56 Å². The number of benzene rings is 1. The molecule has 11 nitrogen and oxygen atoms in total. The van der Waals surface area contributed by atoms with E-state index in [9.17, 15) is 19.7 Å². The maximum absolute atomic E-state index is 13.1. The maximum atomic E-state index is 13.1. The number of fused-ring (bicyclic) bond motifs is 1. The van der Waals surface area contributed by atoms with Crippen LogP contribution in [0, 0.1) is 5.82 Å². The summed E-state index contributed by atoms with van der Waals surface area (Å²) in [5.74, 6) is -0.334. The number of azo groups is 1. The van der Waals surface area contributed by atoms with Crippen molar-refractivity contribution < 1.29 is 24.4 Å². The summed E-state index contributed by atoms with van der Waals surface area (Å²) in [6, 6.07) is 5.50. The first-order valence-electron chi connectivity index (χ1n) is 9.18. The van der Waals surface area contributed by atoms with Gasteiger partial charge in [-0.05, 0) is 24.6 Å². The maximum Gasteiger partial charge on any atom is 0.272 e. The van der Waals surface area contributed by atoms with Crippen molar-refractivity contribution in [3.63, 3.8) is 0 Å². The molecule has 1 saturated heterocycles. The van der Waals surface area contributed by atoms with Gasteiger partial charge in [-0.1, -0.05) is 12.1 Å². The van der Waals surface area contributed by atoms with Crippen LogP contribution < -0.4 is 5.73 Å². The number of halogens is 1. The fourth-order valence-electron chi connectivity index (χ4n) is 3.21. The van der Waals surface area contributed by atoms with Gasteiger partial charge in [0.2, 0.25) is 0 Å². The largest absolute Gasteiger partial charge is 0.394 e. The van der Waals surface area contributed by atoms with E-state index < -0.39 is 31.1 Å². The second-order valence-electron chi connectivity index (χ2n) is 6.90. The number of anilines is 1. The lowest BCUT2D eigenvalue weighted by Crippen LogP contribution is -2.33. The molecule has 0 amide bonds. The molecule has 1 aliphatic rings. The van der Waals surface area contributed by atoms with E-state index in [-0.39, 0.29) is 34.8 Å². The number of rotatable bonds is 5. The predicted molar refractivity (Wildman–Crippen MR) is 102 cm³/mol. The molecule has 3 heterocycles. The van der Waals surface area contributed by atoms with E-state index in [4.69, 9.17) is 10.5 Å². The molecule has 1 aliphatic heterocycles. The van der Waals surface area contributed by atoms with Crippen LogP contribution in [-0.4, -0.2) is 59.8 Å². The van der Waals surface area contributed by atoms with Crippen LogP contribution in [0.2, 0.25) is 0 Å². The summed E-state index contributed by atoms with van der Waals surface area (Å²) in [6.45, 7) is 1.32. The van der Waals surface area contributed by atoms with Crippen LogP contribution >= 0.6 is 0 Å². The number of ether oxygens (including phenoxy) is 1. The summed E-state index contributed by atoms with van der Waals surface area (Å²) in [6.07, 6.45) is -3.21. The third-order valence-corrected chi connectivity index (χ3v) is 4.90. The molecule has 5 N–H and O–H groups in total. The number of nitrogens with two attached hydrogens (primary N) is 1. The second-order valence-corrected chi connectivity index (χ2v) is 6.90. The molecule has 0 radical (unpaired) electrons. The SMILES string of the molecule is CC(N=Nc1nc(N)c2ncn(C3O[C@H](CO)[C@@H](O)[C@H]3O)c2n1)c1ccc(F)cc1. The molecule has 5 atom stereocenters. The summed E-state index contributed by atoms with van der Waals surface area (Å²) in [4.78, 5) is 12.5. The fraction of sp³-hybridized carbons (Fsp3) is 0.389. The normalized spacial score (nSPS) is 25.4. The van der Waals surface area contributed by atoms with Crippen molar-refractivity contribution in [1.29, 1.82) is 0 Å². The Morgan fingerprint density at radius 1 is 1.23 bits per heavy atom. The van der Waals surface area contributed by atoms with Gasteiger partial charge in [0.1, 0.15) is 29.6 Å². The Morgan fingerprint density at radius 3 is 2.63 bits per heavy atom. The highest BCUT2D eigenvalue weighted by Gasteiger charge is 2.44. The lowest BCUT2D eigenvalue weighted by atomic mass is 10.1. The standard InChI is InChI=1S/C18H20FN7O4/c1-8(9-2-4-10(19)5-3-9)24-25-18-22-15(20)12-16(23-18)26(7-21-12)17-14(29)13(28)11(6-27)30-17/h2-5,7-8,11,13-14,17,27-29H,6H2,1H3,(H2,20,22,23)/t8?,11-,13-,14-,17?/m1/s1. The van der Waals surface area contributed by atoms with Crippen molar-refractivity contribution in [2.45, 2.75) is 37.5 Å². The van der Waals surface area contributed by atoms with Crippen LogP contribution in [0.3, 0.4) is 0 Å². The molecular weight excluding hydrogens is 397 g/mol. The number of aliphatic hydroxyl groups is 3. The first-order chi connectivity index (χ1) is 14.4. The van der Waals surface area contributed by atoms with Crippen LogP contribution in [0.5, 0.6) is 0 Å². The Balaban J connectivity index is 1.64. The molecule has 4 rings (SSSR count). The predicted octanol–water partition coefficient (Wildman–Crippen LogP) is 1.00. The molecule has 2 aromatic heterocycles. The van der Waals surface area contributed by atoms with Crippen molar-refractivity contribution in [2.75, 3.05) is 12.3 Å². The lowest BCUT2D eigenvalue weighted by molar-refractivity contribution is -0.0511. The van der Waals surface area contributed by atoms with Gasteiger partial charge in [-0.25, -0.2) is 9.37 Å². The molecule has 0 bridgehead atoms. The minimum absolute atomic E-state index is 0.0394. The molecule has 0 saturated carbocycles. The highest BCUT2D eigenvalue weighted by molar-refractivity contribution is 5.82. The van der Waals surface area contributed by atoms with Crippen molar-refractivity contribution in [1.82, 2.24) is 19.5 Å². The summed E-state index contributed by atoms with van der Waals surface area (Å²) < 4.78 is 20.0. The molecule has 0 aliphatic carbocycles. The first-order valence-corrected chi connectivity index (χ1v) is 9.18. The Bertz CT molecular complexity index is 1070. The van der Waals surface area contributed by atoms with Crippen LogP contribution in [0.4, 0.5) is 16.2 Å². The van der Waals surface area contributed by atoms with Crippen LogP contribution in [0.1, 0.15) is 24.8 Å². The number of aliphatic hydroxyl groups excluding tert-OH is 3. The van der Waals surface area contributed by atoms with Gasteiger partial charge in [-0.3, -0.25) is 4.57 Å². The second kappa shape index (κ2) is 7.99. The van der Waals surface area contributed by atoms with Crippen molar-refractivity contribution in [3.05, 3.63) is 42.0 Å². The Morgan fingerprint density at radius 2 is 1.97 bits per heavy atom. The van der Waals surface area contributed by atoms with Gasteiger partial charge in [0.05, 0.1) is 19.0 Å². The summed E-state index contributed by atoms with van der Waals surface area (Å²) in [5.41, 5.74) is 7.20. The molecule has 12 heteroatoms. The molecular formula is C18H20FN7O4. The molecule has 0 spiro atoms. The number of imidazole rings is 1. The van der Waals surface area contributed by atoms with Crippen molar-refractivity contribution in [2.24, 2.45) is 10.2 Å². The number of nitrogens with zero attached hydrogens (tertiary/aromatic N) is 6. The van der Waals surface area contributed by atoms with Gasteiger partial charge < -0.3 is 25.8 Å². The Labute approximate surface area is 169 Å². The average Bonchev–Trinajstić information content (AvgIpc) is 3.28. The lowest BCUT2D eigenvalue weighted by Gasteiger charge is -2.16. The monoisotopic (exact) mass is 417 g/mol. The molecule has 1 aromatic carbocycles.